The number of rotatable bonds is 7. The number of benzene rings is 3. The van der Waals surface area contributed by atoms with Gasteiger partial charge in [-0.25, -0.2) is 0 Å². The molecule has 0 heterocycles. The Hall–Kier alpha value is -3.53. The van der Waals surface area contributed by atoms with Crippen molar-refractivity contribution in [2.75, 3.05) is 0 Å². The lowest BCUT2D eigenvalue weighted by molar-refractivity contribution is -0.120. The van der Waals surface area contributed by atoms with E-state index in [1.807, 2.05) is 24.3 Å². The second-order valence-corrected chi connectivity index (χ2v) is 6.13. The number of hydrogen-bond donors (Lipinski definition) is 1. The summed E-state index contributed by atoms with van der Waals surface area (Å²) in [6, 6.07) is 24.9. The quantitative estimate of drug-likeness (QED) is 0.517. The van der Waals surface area contributed by atoms with Crippen molar-refractivity contribution in [1.29, 1.82) is 0 Å². The Labute approximate surface area is 157 Å². The fourth-order valence-corrected chi connectivity index (χ4v) is 2.67. The Morgan fingerprint density at radius 3 is 1.74 bits per heavy atom. The van der Waals surface area contributed by atoms with E-state index in [2.05, 4.69) is 5.32 Å². The Morgan fingerprint density at radius 1 is 0.630 bits per heavy atom. The molecule has 0 fully saturated rings. The summed E-state index contributed by atoms with van der Waals surface area (Å²) < 4.78 is 0. The van der Waals surface area contributed by atoms with Gasteiger partial charge in [0.05, 0.1) is 6.42 Å². The van der Waals surface area contributed by atoms with Crippen LogP contribution >= 0.6 is 0 Å². The van der Waals surface area contributed by atoms with Gasteiger partial charge in [-0.15, -0.1) is 0 Å². The molecule has 0 aliphatic heterocycles. The van der Waals surface area contributed by atoms with Crippen LogP contribution in [-0.2, 0) is 11.3 Å². The van der Waals surface area contributed by atoms with E-state index in [-0.39, 0.29) is 23.9 Å². The van der Waals surface area contributed by atoms with Gasteiger partial charge in [0.1, 0.15) is 0 Å². The molecule has 0 aromatic heterocycles. The molecule has 0 saturated carbocycles. The van der Waals surface area contributed by atoms with Crippen molar-refractivity contribution in [3.63, 3.8) is 0 Å². The van der Waals surface area contributed by atoms with Crippen molar-refractivity contribution >= 4 is 17.5 Å². The van der Waals surface area contributed by atoms with E-state index in [0.29, 0.717) is 23.2 Å². The molecule has 0 atom stereocenters. The summed E-state index contributed by atoms with van der Waals surface area (Å²) >= 11 is 0. The maximum Gasteiger partial charge on any atom is 0.228 e. The molecule has 0 spiro atoms. The summed E-state index contributed by atoms with van der Waals surface area (Å²) in [5.74, 6) is -0.579. The van der Waals surface area contributed by atoms with Crippen molar-refractivity contribution in [1.82, 2.24) is 5.32 Å². The van der Waals surface area contributed by atoms with Gasteiger partial charge in [-0.05, 0) is 5.56 Å². The molecule has 0 radical (unpaired) electrons. The minimum Gasteiger partial charge on any atom is -0.352 e. The zero-order valence-electron chi connectivity index (χ0n) is 14.7. The number of ketones is 2. The highest BCUT2D eigenvalue weighted by molar-refractivity contribution is 6.09. The molecule has 0 bridgehead atoms. The van der Waals surface area contributed by atoms with Crippen molar-refractivity contribution in [3.8, 4) is 0 Å². The number of hydrogen-bond acceptors (Lipinski definition) is 3. The smallest absolute Gasteiger partial charge is 0.228 e. The minimum atomic E-state index is -0.326. The molecule has 134 valence electrons. The molecule has 1 N–H and O–H groups in total. The summed E-state index contributed by atoms with van der Waals surface area (Å²) in [5, 5.41) is 2.74. The molecular formula is C23H19NO3. The first kappa shape index (κ1) is 18.3. The van der Waals surface area contributed by atoms with Gasteiger partial charge in [-0.3, -0.25) is 14.4 Å². The molecule has 0 unspecified atom stereocenters. The lowest BCUT2D eigenvalue weighted by Gasteiger charge is -2.07. The highest BCUT2D eigenvalue weighted by Crippen LogP contribution is 2.11. The normalized spacial score (nSPS) is 10.2. The Balaban J connectivity index is 1.53. The van der Waals surface area contributed by atoms with Gasteiger partial charge in [0, 0.05) is 23.2 Å². The van der Waals surface area contributed by atoms with Crippen LogP contribution in [0.25, 0.3) is 0 Å². The van der Waals surface area contributed by atoms with Crippen LogP contribution in [0.2, 0.25) is 0 Å². The molecule has 0 aliphatic rings. The zero-order valence-corrected chi connectivity index (χ0v) is 14.7. The maximum absolute atomic E-state index is 12.4. The Kier molecular flexibility index (Phi) is 5.90. The first-order valence-corrected chi connectivity index (χ1v) is 8.67. The van der Waals surface area contributed by atoms with Gasteiger partial charge < -0.3 is 5.32 Å². The Bertz CT molecular complexity index is 932. The van der Waals surface area contributed by atoms with E-state index in [1.54, 1.807) is 60.7 Å². The van der Waals surface area contributed by atoms with Gasteiger partial charge in [0.15, 0.2) is 11.6 Å². The van der Waals surface area contributed by atoms with E-state index < -0.39 is 0 Å². The molecular weight excluding hydrogens is 338 g/mol. The SMILES string of the molecule is O=C(CC(=O)c1ccccc1)NCc1ccc(C(=O)c2ccccc2)cc1. The van der Waals surface area contributed by atoms with Crippen LogP contribution in [-0.4, -0.2) is 17.5 Å². The summed E-state index contributed by atoms with van der Waals surface area (Å²) in [7, 11) is 0. The van der Waals surface area contributed by atoms with Crippen LogP contribution in [0, 0.1) is 0 Å². The second-order valence-electron chi connectivity index (χ2n) is 6.13. The van der Waals surface area contributed by atoms with Crippen LogP contribution < -0.4 is 5.32 Å². The number of Topliss-reactive ketones (excluding diaryl/α,β-unsaturated/α-hetero) is 1. The van der Waals surface area contributed by atoms with E-state index >= 15 is 0 Å². The standard InChI is InChI=1S/C23H19NO3/c25-21(18-7-3-1-4-8-18)15-22(26)24-16-17-11-13-20(14-12-17)23(27)19-9-5-2-6-10-19/h1-14H,15-16H2,(H,24,26). The Morgan fingerprint density at radius 2 is 1.15 bits per heavy atom. The third-order valence-corrected chi connectivity index (χ3v) is 4.16. The molecule has 1 amide bonds. The van der Waals surface area contributed by atoms with Crippen LogP contribution in [0.3, 0.4) is 0 Å². The fraction of sp³-hybridized carbons (Fsp3) is 0.0870. The molecule has 27 heavy (non-hydrogen) atoms. The average molecular weight is 357 g/mol. The summed E-state index contributed by atoms with van der Waals surface area (Å²) in [4.78, 5) is 36.4. The van der Waals surface area contributed by atoms with Crippen molar-refractivity contribution in [3.05, 3.63) is 107 Å². The van der Waals surface area contributed by atoms with Gasteiger partial charge in [-0.1, -0.05) is 84.9 Å². The van der Waals surface area contributed by atoms with Gasteiger partial charge >= 0.3 is 0 Å². The van der Waals surface area contributed by atoms with E-state index in [1.165, 1.54) is 0 Å². The topological polar surface area (TPSA) is 63.2 Å². The summed E-state index contributed by atoms with van der Waals surface area (Å²) in [6.45, 7) is 0.306. The van der Waals surface area contributed by atoms with Crippen molar-refractivity contribution < 1.29 is 14.4 Å². The predicted molar refractivity (Wildman–Crippen MR) is 104 cm³/mol. The number of amides is 1. The first-order chi connectivity index (χ1) is 13.1. The van der Waals surface area contributed by atoms with E-state index in [0.717, 1.165) is 5.56 Å². The number of nitrogens with one attached hydrogen (secondary N) is 1. The van der Waals surface area contributed by atoms with Gasteiger partial charge in [-0.2, -0.15) is 0 Å². The molecule has 0 saturated heterocycles. The van der Waals surface area contributed by atoms with Crippen LogP contribution in [0.5, 0.6) is 0 Å². The molecule has 0 aliphatic carbocycles. The number of carbonyl (C=O) groups is 3. The van der Waals surface area contributed by atoms with E-state index in [9.17, 15) is 14.4 Å². The summed E-state index contributed by atoms with van der Waals surface area (Å²) in [6.07, 6.45) is -0.186. The van der Waals surface area contributed by atoms with Gasteiger partial charge in [0.2, 0.25) is 5.91 Å². The van der Waals surface area contributed by atoms with Crippen molar-refractivity contribution in [2.24, 2.45) is 0 Å². The highest BCUT2D eigenvalue weighted by atomic mass is 16.2. The molecule has 3 aromatic rings. The largest absolute Gasteiger partial charge is 0.352 e. The lowest BCUT2D eigenvalue weighted by Crippen LogP contribution is -2.25. The van der Waals surface area contributed by atoms with Crippen LogP contribution in [0.15, 0.2) is 84.9 Å². The van der Waals surface area contributed by atoms with E-state index in [4.69, 9.17) is 0 Å². The number of carbonyl (C=O) groups excluding carboxylic acids is 3. The van der Waals surface area contributed by atoms with Crippen LogP contribution in [0.4, 0.5) is 0 Å². The van der Waals surface area contributed by atoms with Crippen LogP contribution in [0.1, 0.15) is 38.3 Å². The highest BCUT2D eigenvalue weighted by Gasteiger charge is 2.12. The molecule has 4 nitrogen and oxygen atoms in total. The fourth-order valence-electron chi connectivity index (χ4n) is 2.67. The third-order valence-electron chi connectivity index (χ3n) is 4.16. The molecule has 3 aromatic carbocycles. The third kappa shape index (κ3) is 4.98. The zero-order chi connectivity index (χ0) is 19.1. The molecule has 3 rings (SSSR count). The van der Waals surface area contributed by atoms with Gasteiger partial charge in [0.25, 0.3) is 0 Å². The predicted octanol–water partition coefficient (Wildman–Crippen LogP) is 3.81. The first-order valence-electron chi connectivity index (χ1n) is 8.67. The minimum absolute atomic E-state index is 0.0420. The second kappa shape index (κ2) is 8.72. The maximum atomic E-state index is 12.4. The summed E-state index contributed by atoms with van der Waals surface area (Å²) in [5.41, 5.74) is 2.62. The monoisotopic (exact) mass is 357 g/mol. The molecule has 4 heteroatoms. The van der Waals surface area contributed by atoms with Crippen molar-refractivity contribution in [2.45, 2.75) is 13.0 Å². The average Bonchev–Trinajstić information content (AvgIpc) is 2.73. The lowest BCUT2D eigenvalue weighted by atomic mass is 10.0.